The maximum atomic E-state index is 6.56. The number of rotatable bonds is 9. The maximum absolute atomic E-state index is 6.56. The Morgan fingerprint density at radius 3 is 1.30 bits per heavy atom. The van der Waals surface area contributed by atoms with Crippen molar-refractivity contribution in [2.45, 2.75) is 25.6 Å². The molecule has 0 N–H and O–H groups in total. The standard InChI is InChI=1S/C30H34OPSi/c1-33(2,3)31-24-27(26-16-8-4-9-17-26)25-32(28-18-10-5-11-19-28,29-20-12-6-13-21-29)30-22-14-7-15-23-30/h4-23,27H,24-25H2,1-3H3/q+1/t27-/m1/s1. The van der Waals surface area contributed by atoms with E-state index in [0.717, 1.165) is 12.8 Å². The van der Waals surface area contributed by atoms with Gasteiger partial charge in [0.25, 0.3) is 0 Å². The van der Waals surface area contributed by atoms with Gasteiger partial charge in [-0.15, -0.1) is 0 Å². The number of benzene rings is 4. The molecule has 168 valence electrons. The third-order valence-electron chi connectivity index (χ3n) is 6.07. The molecule has 1 atom stereocenters. The lowest BCUT2D eigenvalue weighted by atomic mass is 10.0. The average molecular weight is 470 g/mol. The molecule has 0 radical (unpaired) electrons. The van der Waals surface area contributed by atoms with Crippen LogP contribution in [-0.2, 0) is 4.43 Å². The summed E-state index contributed by atoms with van der Waals surface area (Å²) < 4.78 is 6.56. The van der Waals surface area contributed by atoms with Crippen LogP contribution in [0, 0.1) is 0 Å². The summed E-state index contributed by atoms with van der Waals surface area (Å²) in [6.07, 6.45) is 1.04. The first kappa shape index (κ1) is 23.6. The molecular formula is C30H34OPSi+. The summed E-state index contributed by atoms with van der Waals surface area (Å²) in [7, 11) is -3.58. The van der Waals surface area contributed by atoms with Crippen molar-refractivity contribution in [2.75, 3.05) is 12.8 Å². The lowest BCUT2D eigenvalue weighted by Gasteiger charge is -2.32. The van der Waals surface area contributed by atoms with Crippen molar-refractivity contribution in [1.29, 1.82) is 0 Å². The van der Waals surface area contributed by atoms with E-state index >= 15 is 0 Å². The second-order valence-electron chi connectivity index (χ2n) is 9.53. The Morgan fingerprint density at radius 2 is 0.939 bits per heavy atom. The highest BCUT2D eigenvalue weighted by atomic mass is 31.2. The van der Waals surface area contributed by atoms with Crippen LogP contribution in [0.3, 0.4) is 0 Å². The van der Waals surface area contributed by atoms with Gasteiger partial charge in [0.2, 0.25) is 0 Å². The van der Waals surface area contributed by atoms with Crippen molar-refractivity contribution in [3.63, 3.8) is 0 Å². The predicted octanol–water partition coefficient (Wildman–Crippen LogP) is 6.62. The highest BCUT2D eigenvalue weighted by Crippen LogP contribution is 2.57. The quantitative estimate of drug-likeness (QED) is 0.198. The Balaban J connectivity index is 1.91. The highest BCUT2D eigenvalue weighted by molar-refractivity contribution is 7.95. The summed E-state index contributed by atoms with van der Waals surface area (Å²) in [4.78, 5) is 0. The van der Waals surface area contributed by atoms with Crippen molar-refractivity contribution in [2.24, 2.45) is 0 Å². The minimum absolute atomic E-state index is 0.312. The van der Waals surface area contributed by atoms with E-state index in [2.05, 4.69) is 141 Å². The fraction of sp³-hybridized carbons (Fsp3) is 0.200. The SMILES string of the molecule is C[Si](C)(C)OC[C@H](C[P+](c1ccccc1)(c1ccccc1)c1ccccc1)c1ccccc1. The van der Waals surface area contributed by atoms with Gasteiger partial charge in [-0.1, -0.05) is 84.9 Å². The van der Waals surface area contributed by atoms with E-state index in [9.17, 15) is 0 Å². The van der Waals surface area contributed by atoms with Gasteiger partial charge in [0.15, 0.2) is 8.32 Å². The molecule has 0 unspecified atom stereocenters. The Labute approximate surface area is 200 Å². The molecule has 0 aliphatic carbocycles. The third kappa shape index (κ3) is 5.71. The minimum Gasteiger partial charge on any atom is -0.417 e. The van der Waals surface area contributed by atoms with E-state index in [-0.39, 0.29) is 0 Å². The van der Waals surface area contributed by atoms with Crippen molar-refractivity contribution < 1.29 is 4.43 Å². The zero-order valence-electron chi connectivity index (χ0n) is 19.9. The van der Waals surface area contributed by atoms with E-state index < -0.39 is 15.6 Å². The third-order valence-corrected chi connectivity index (χ3v) is 11.6. The van der Waals surface area contributed by atoms with E-state index in [0.29, 0.717) is 5.92 Å². The minimum atomic E-state index is -1.92. The van der Waals surface area contributed by atoms with Gasteiger partial charge >= 0.3 is 0 Å². The van der Waals surface area contributed by atoms with Crippen molar-refractivity contribution >= 4 is 31.5 Å². The van der Waals surface area contributed by atoms with Crippen LogP contribution < -0.4 is 15.9 Å². The Hall–Kier alpha value is -2.51. The molecule has 0 saturated heterocycles. The molecule has 0 bridgehead atoms. The van der Waals surface area contributed by atoms with Crippen LogP contribution in [0.25, 0.3) is 0 Å². The van der Waals surface area contributed by atoms with Crippen LogP contribution >= 0.6 is 7.26 Å². The highest BCUT2D eigenvalue weighted by Gasteiger charge is 2.47. The monoisotopic (exact) mass is 469 g/mol. The molecular weight excluding hydrogens is 435 g/mol. The molecule has 0 heterocycles. The molecule has 1 nitrogen and oxygen atoms in total. The van der Waals surface area contributed by atoms with Crippen molar-refractivity contribution in [3.8, 4) is 0 Å². The molecule has 0 saturated carbocycles. The Kier molecular flexibility index (Phi) is 7.60. The second kappa shape index (κ2) is 10.6. The summed E-state index contributed by atoms with van der Waals surface area (Å²) >= 11 is 0. The number of hydrogen-bond donors (Lipinski definition) is 0. The van der Waals surface area contributed by atoms with E-state index in [1.165, 1.54) is 21.5 Å². The number of hydrogen-bond acceptors (Lipinski definition) is 1. The molecule has 0 fully saturated rings. The normalized spacial score (nSPS) is 12.9. The van der Waals surface area contributed by atoms with Crippen LogP contribution in [0.4, 0.5) is 0 Å². The van der Waals surface area contributed by atoms with Gasteiger partial charge in [0.05, 0.1) is 6.16 Å². The Bertz CT molecular complexity index is 1010. The molecule has 4 rings (SSSR count). The first-order valence-corrected chi connectivity index (χ1v) is 17.1. The van der Waals surface area contributed by atoms with Crippen LogP contribution in [0.15, 0.2) is 121 Å². The van der Waals surface area contributed by atoms with Crippen LogP contribution in [0.5, 0.6) is 0 Å². The summed E-state index contributed by atoms with van der Waals surface area (Å²) in [5, 5.41) is 4.28. The van der Waals surface area contributed by atoms with Crippen molar-refractivity contribution in [1.82, 2.24) is 0 Å². The van der Waals surface area contributed by atoms with E-state index in [4.69, 9.17) is 4.43 Å². The lowest BCUT2D eigenvalue weighted by molar-refractivity contribution is 0.291. The first-order chi connectivity index (χ1) is 16.0. The average Bonchev–Trinajstić information content (AvgIpc) is 2.86. The fourth-order valence-electron chi connectivity index (χ4n) is 4.47. The molecule has 0 aliphatic rings. The summed E-state index contributed by atoms with van der Waals surface area (Å²) in [5.74, 6) is 0.312. The molecule has 4 aromatic carbocycles. The molecule has 0 amide bonds. The fourth-order valence-corrected chi connectivity index (χ4v) is 9.72. The van der Waals surface area contributed by atoms with Crippen molar-refractivity contribution in [3.05, 3.63) is 127 Å². The zero-order chi connectivity index (χ0) is 23.2. The smallest absolute Gasteiger partial charge is 0.183 e. The van der Waals surface area contributed by atoms with Gasteiger partial charge in [-0.25, -0.2) is 0 Å². The summed E-state index contributed by atoms with van der Waals surface area (Å²) in [6.45, 7) is 7.60. The maximum Gasteiger partial charge on any atom is 0.183 e. The molecule has 0 aromatic heterocycles. The largest absolute Gasteiger partial charge is 0.417 e. The second-order valence-corrected chi connectivity index (χ2v) is 17.6. The van der Waals surface area contributed by atoms with Gasteiger partial charge < -0.3 is 4.43 Å². The van der Waals surface area contributed by atoms with Gasteiger partial charge in [-0.3, -0.25) is 0 Å². The topological polar surface area (TPSA) is 9.23 Å². The lowest BCUT2D eigenvalue weighted by Crippen LogP contribution is -2.37. The molecule has 3 heteroatoms. The zero-order valence-corrected chi connectivity index (χ0v) is 21.8. The van der Waals surface area contributed by atoms with Crippen LogP contribution in [-0.4, -0.2) is 21.1 Å². The molecule has 4 aromatic rings. The predicted molar refractivity (Wildman–Crippen MR) is 148 cm³/mol. The van der Waals surface area contributed by atoms with Crippen LogP contribution in [0.1, 0.15) is 11.5 Å². The van der Waals surface area contributed by atoms with Gasteiger partial charge in [0, 0.05) is 12.5 Å². The van der Waals surface area contributed by atoms with E-state index in [1.54, 1.807) is 0 Å². The first-order valence-electron chi connectivity index (χ1n) is 11.7. The summed E-state index contributed by atoms with van der Waals surface area (Å²) in [5.41, 5.74) is 1.36. The van der Waals surface area contributed by atoms with E-state index in [1.807, 2.05) is 0 Å². The molecule has 33 heavy (non-hydrogen) atoms. The van der Waals surface area contributed by atoms with Gasteiger partial charge in [0.1, 0.15) is 23.2 Å². The molecule has 0 aliphatic heterocycles. The van der Waals surface area contributed by atoms with Gasteiger partial charge in [-0.2, -0.15) is 0 Å². The van der Waals surface area contributed by atoms with Crippen LogP contribution in [0.2, 0.25) is 19.6 Å². The summed E-state index contributed by atoms with van der Waals surface area (Å²) in [6, 6.07) is 44.4. The Morgan fingerprint density at radius 1 is 0.576 bits per heavy atom. The van der Waals surface area contributed by atoms with Gasteiger partial charge in [-0.05, 0) is 61.6 Å². The molecule has 0 spiro atoms.